The Bertz CT molecular complexity index is 993. The van der Waals surface area contributed by atoms with E-state index >= 15 is 0 Å². The number of aromatic amines is 1. The van der Waals surface area contributed by atoms with Gasteiger partial charge in [-0.2, -0.15) is 0 Å². The number of nitrogens with zero attached hydrogens (tertiary/aromatic N) is 1. The van der Waals surface area contributed by atoms with Crippen molar-refractivity contribution in [1.29, 1.82) is 0 Å². The maximum Gasteiger partial charge on any atom is 0.291 e. The molecule has 0 aliphatic rings. The van der Waals surface area contributed by atoms with Gasteiger partial charge in [0.25, 0.3) is 11.8 Å². The van der Waals surface area contributed by atoms with E-state index in [1.54, 1.807) is 38.6 Å². The summed E-state index contributed by atoms with van der Waals surface area (Å²) in [5.41, 5.74) is 3.86. The van der Waals surface area contributed by atoms with Gasteiger partial charge in [0.05, 0.1) is 7.11 Å². The van der Waals surface area contributed by atoms with Crippen LogP contribution in [0.25, 0.3) is 0 Å². The molecule has 3 aromatic rings. The van der Waals surface area contributed by atoms with Gasteiger partial charge in [-0.15, -0.1) is 0 Å². The quantitative estimate of drug-likeness (QED) is 0.614. The maximum atomic E-state index is 12.4. The number of methoxy groups -OCH3 is 1. The molecule has 28 heavy (non-hydrogen) atoms. The van der Waals surface area contributed by atoms with Crippen molar-refractivity contribution in [3.63, 3.8) is 0 Å². The third-order valence-corrected chi connectivity index (χ3v) is 4.35. The highest BCUT2D eigenvalue weighted by molar-refractivity contribution is 6.02. The predicted octanol–water partition coefficient (Wildman–Crippen LogP) is 2.93. The zero-order valence-electron chi connectivity index (χ0n) is 16.0. The molecule has 0 radical (unpaired) electrons. The number of carbonyl (C=O) groups excluding carboxylic acids is 2. The van der Waals surface area contributed by atoms with E-state index < -0.39 is 0 Å². The normalized spacial score (nSPS) is 10.4. The summed E-state index contributed by atoms with van der Waals surface area (Å²) in [5, 5.41) is 5.38. The molecule has 0 saturated carbocycles. The second-order valence-corrected chi connectivity index (χ2v) is 6.34. The van der Waals surface area contributed by atoms with Crippen molar-refractivity contribution < 1.29 is 14.3 Å². The second-order valence-electron chi connectivity index (χ2n) is 6.34. The van der Waals surface area contributed by atoms with E-state index in [-0.39, 0.29) is 17.6 Å². The van der Waals surface area contributed by atoms with Crippen molar-refractivity contribution in [2.24, 2.45) is 0 Å². The Balaban J connectivity index is 1.66. The summed E-state index contributed by atoms with van der Waals surface area (Å²) in [6.07, 6.45) is 2.28. The molecule has 0 spiro atoms. The van der Waals surface area contributed by atoms with Crippen LogP contribution in [0.4, 0.5) is 5.69 Å². The van der Waals surface area contributed by atoms with Crippen LogP contribution in [0.2, 0.25) is 0 Å². The molecular weight excluding hydrogens is 356 g/mol. The number of carbonyl (C=O) groups is 2. The highest BCUT2D eigenvalue weighted by Crippen LogP contribution is 2.17. The van der Waals surface area contributed by atoms with Crippen LogP contribution in [-0.2, 0) is 6.42 Å². The molecule has 0 unspecified atom stereocenters. The molecule has 0 bridgehead atoms. The molecule has 3 rings (SSSR count). The Hall–Kier alpha value is -3.61. The standard InChI is InChI=1S/C21H22N4O3/c1-13-10-15(6-9-18(13)20(26)22-2)25-21(27)19-23-12-16(24-19)11-14-4-7-17(28-3)8-5-14/h4-10,12H,11H2,1-3H3,(H,22,26)(H,23,24)(H,25,27). The van der Waals surface area contributed by atoms with E-state index in [1.165, 1.54) is 0 Å². The third kappa shape index (κ3) is 4.37. The molecule has 0 fully saturated rings. The number of rotatable bonds is 6. The first-order chi connectivity index (χ1) is 13.5. The zero-order chi connectivity index (χ0) is 20.1. The van der Waals surface area contributed by atoms with Gasteiger partial charge in [-0.05, 0) is 48.4 Å². The molecule has 7 nitrogen and oxygen atoms in total. The van der Waals surface area contributed by atoms with Crippen LogP contribution in [0.3, 0.4) is 0 Å². The summed E-state index contributed by atoms with van der Waals surface area (Å²) < 4.78 is 5.15. The minimum absolute atomic E-state index is 0.162. The van der Waals surface area contributed by atoms with Crippen LogP contribution in [0.5, 0.6) is 5.75 Å². The van der Waals surface area contributed by atoms with Crippen LogP contribution in [0.1, 0.15) is 37.8 Å². The average molecular weight is 378 g/mol. The number of imidazole rings is 1. The first-order valence-electron chi connectivity index (χ1n) is 8.81. The van der Waals surface area contributed by atoms with E-state index in [1.807, 2.05) is 31.2 Å². The fourth-order valence-corrected chi connectivity index (χ4v) is 2.85. The monoisotopic (exact) mass is 378 g/mol. The summed E-state index contributed by atoms with van der Waals surface area (Å²) >= 11 is 0. The van der Waals surface area contributed by atoms with Gasteiger partial charge < -0.3 is 20.4 Å². The predicted molar refractivity (Wildman–Crippen MR) is 107 cm³/mol. The summed E-state index contributed by atoms with van der Waals surface area (Å²) in [5.74, 6) is 0.528. The molecule has 7 heteroatoms. The Kier molecular flexibility index (Phi) is 5.74. The summed E-state index contributed by atoms with van der Waals surface area (Å²) in [4.78, 5) is 31.4. The number of nitrogens with one attached hydrogen (secondary N) is 3. The highest BCUT2D eigenvalue weighted by atomic mass is 16.5. The molecule has 144 valence electrons. The number of benzene rings is 2. The van der Waals surface area contributed by atoms with E-state index in [0.717, 1.165) is 22.6 Å². The Labute approximate surface area is 163 Å². The summed E-state index contributed by atoms with van der Waals surface area (Å²) in [6, 6.07) is 12.8. The van der Waals surface area contributed by atoms with Crippen molar-refractivity contribution in [3.8, 4) is 5.75 Å². The van der Waals surface area contributed by atoms with Gasteiger partial charge in [0.15, 0.2) is 5.82 Å². The lowest BCUT2D eigenvalue weighted by molar-refractivity contribution is 0.0961. The number of hydrogen-bond donors (Lipinski definition) is 3. The molecule has 1 aromatic heterocycles. The molecule has 0 aliphatic carbocycles. The van der Waals surface area contributed by atoms with E-state index in [0.29, 0.717) is 17.7 Å². The fraction of sp³-hybridized carbons (Fsp3) is 0.190. The first kappa shape index (κ1) is 19.2. The van der Waals surface area contributed by atoms with Gasteiger partial charge in [0.1, 0.15) is 5.75 Å². The molecular formula is C21H22N4O3. The smallest absolute Gasteiger partial charge is 0.291 e. The van der Waals surface area contributed by atoms with Crippen LogP contribution < -0.4 is 15.4 Å². The van der Waals surface area contributed by atoms with Crippen molar-refractivity contribution >= 4 is 17.5 Å². The summed E-state index contributed by atoms with van der Waals surface area (Å²) in [7, 11) is 3.21. The van der Waals surface area contributed by atoms with Crippen molar-refractivity contribution in [2.75, 3.05) is 19.5 Å². The van der Waals surface area contributed by atoms with Crippen LogP contribution in [-0.4, -0.2) is 35.9 Å². The third-order valence-electron chi connectivity index (χ3n) is 4.35. The second kappa shape index (κ2) is 8.39. The van der Waals surface area contributed by atoms with Crippen LogP contribution in [0, 0.1) is 6.92 Å². The number of hydrogen-bond acceptors (Lipinski definition) is 4. The topological polar surface area (TPSA) is 96.1 Å². The average Bonchev–Trinajstić information content (AvgIpc) is 3.17. The highest BCUT2D eigenvalue weighted by Gasteiger charge is 2.13. The Morgan fingerprint density at radius 3 is 2.50 bits per heavy atom. The number of aryl methyl sites for hydroxylation is 1. The minimum atomic E-state index is -0.340. The van der Waals surface area contributed by atoms with Gasteiger partial charge in [0.2, 0.25) is 0 Å². The zero-order valence-corrected chi connectivity index (χ0v) is 16.0. The van der Waals surface area contributed by atoms with Gasteiger partial charge in [-0.1, -0.05) is 12.1 Å². The largest absolute Gasteiger partial charge is 0.497 e. The van der Waals surface area contributed by atoms with Gasteiger partial charge in [-0.25, -0.2) is 4.98 Å². The van der Waals surface area contributed by atoms with Crippen molar-refractivity contribution in [1.82, 2.24) is 15.3 Å². The summed E-state index contributed by atoms with van der Waals surface area (Å²) in [6.45, 7) is 1.82. The van der Waals surface area contributed by atoms with Gasteiger partial charge in [0, 0.05) is 36.6 Å². The lowest BCUT2D eigenvalue weighted by Gasteiger charge is -2.08. The van der Waals surface area contributed by atoms with E-state index in [4.69, 9.17) is 4.74 Å². The SMILES string of the molecule is CNC(=O)c1ccc(NC(=O)c2ncc(Cc3ccc(OC)cc3)[nH]2)cc1C. The molecule has 3 N–H and O–H groups in total. The number of amides is 2. The van der Waals surface area contributed by atoms with Crippen molar-refractivity contribution in [3.05, 3.63) is 76.9 Å². The van der Waals surface area contributed by atoms with Gasteiger partial charge in [-0.3, -0.25) is 9.59 Å². The van der Waals surface area contributed by atoms with E-state index in [2.05, 4.69) is 20.6 Å². The molecule has 2 aromatic carbocycles. The fourth-order valence-electron chi connectivity index (χ4n) is 2.85. The molecule has 2 amide bonds. The van der Waals surface area contributed by atoms with Crippen LogP contribution >= 0.6 is 0 Å². The number of anilines is 1. The lowest BCUT2D eigenvalue weighted by Crippen LogP contribution is -2.19. The van der Waals surface area contributed by atoms with Crippen molar-refractivity contribution in [2.45, 2.75) is 13.3 Å². The van der Waals surface area contributed by atoms with E-state index in [9.17, 15) is 9.59 Å². The number of H-pyrrole nitrogens is 1. The molecule has 0 saturated heterocycles. The molecule has 0 atom stereocenters. The Morgan fingerprint density at radius 2 is 1.86 bits per heavy atom. The Morgan fingerprint density at radius 1 is 1.11 bits per heavy atom. The maximum absolute atomic E-state index is 12.4. The first-order valence-corrected chi connectivity index (χ1v) is 8.81. The van der Waals surface area contributed by atoms with Gasteiger partial charge >= 0.3 is 0 Å². The van der Waals surface area contributed by atoms with Crippen LogP contribution in [0.15, 0.2) is 48.7 Å². The number of ether oxygens (including phenoxy) is 1. The lowest BCUT2D eigenvalue weighted by atomic mass is 10.1. The number of aromatic nitrogens is 2. The molecule has 1 heterocycles. The minimum Gasteiger partial charge on any atom is -0.497 e. The molecule has 0 aliphatic heterocycles.